The number of aliphatic hydroxyl groups excluding tert-OH is 1. The molecule has 0 radical (unpaired) electrons. The molecule has 10 atom stereocenters. The Bertz CT molecular complexity index is 2460. The van der Waals surface area contributed by atoms with Gasteiger partial charge in [-0.1, -0.05) is 108 Å². The number of benzene rings is 2. The fraction of sp³-hybridized carbons (Fsp3) is 0.554. The Kier molecular flexibility index (Phi) is 21.1. The summed E-state index contributed by atoms with van der Waals surface area (Å²) in [6.07, 6.45) is 4.58. The SMILES string of the molecule is C=CC(C)(C)n1cc(CC2NC(=O)C(C(C)C=C(C)C)NC(=O)C(CC(C)C)N(C)C(=O)C(C(C)C)NC(=O)C(C(OC)c3ccccc3)NC(=O)C(C)NC(=O)C(CC(C)CO)N(C)C2=O)c2ccccc21. The van der Waals surface area contributed by atoms with E-state index >= 15 is 9.59 Å². The molecule has 6 N–H and O–H groups in total. The molecular weight excluding hydrogens is 929 g/mol. The second kappa shape index (κ2) is 26.1. The van der Waals surface area contributed by atoms with Gasteiger partial charge in [0.15, 0.2) is 0 Å². The first-order valence-corrected chi connectivity index (χ1v) is 25.4. The first kappa shape index (κ1) is 59.2. The summed E-state index contributed by atoms with van der Waals surface area (Å²) >= 11 is 0. The Morgan fingerprint density at radius 2 is 1.27 bits per heavy atom. The van der Waals surface area contributed by atoms with Crippen molar-refractivity contribution >= 4 is 52.3 Å². The molecule has 2 heterocycles. The van der Waals surface area contributed by atoms with Crippen molar-refractivity contribution < 1.29 is 43.4 Å². The molecule has 73 heavy (non-hydrogen) atoms. The number of carbonyl (C=O) groups excluding carboxylic acids is 7. The van der Waals surface area contributed by atoms with E-state index in [0.29, 0.717) is 11.1 Å². The molecule has 10 unspecified atom stereocenters. The zero-order valence-electron chi connectivity index (χ0n) is 45.4. The lowest BCUT2D eigenvalue weighted by Crippen LogP contribution is -2.62. The number of aliphatic hydroxyl groups is 1. The summed E-state index contributed by atoms with van der Waals surface area (Å²) < 4.78 is 7.92. The Morgan fingerprint density at radius 1 is 0.726 bits per heavy atom. The van der Waals surface area contributed by atoms with Gasteiger partial charge in [0.1, 0.15) is 48.4 Å². The molecule has 7 amide bonds. The maximum absolute atomic E-state index is 15.3. The first-order valence-electron chi connectivity index (χ1n) is 25.4. The number of fused-ring (bicyclic) bond motifs is 1. The summed E-state index contributed by atoms with van der Waals surface area (Å²) in [5.41, 5.74) is 2.39. The van der Waals surface area contributed by atoms with Crippen LogP contribution in [0.2, 0.25) is 0 Å². The number of ether oxygens (including phenoxy) is 1. The lowest BCUT2D eigenvalue weighted by Gasteiger charge is -2.35. The van der Waals surface area contributed by atoms with Crippen molar-refractivity contribution in [2.45, 2.75) is 149 Å². The molecular formula is C56H82N8O9. The van der Waals surface area contributed by atoms with Crippen LogP contribution in [0.25, 0.3) is 10.9 Å². The molecule has 17 nitrogen and oxygen atoms in total. The van der Waals surface area contributed by atoms with Crippen molar-refractivity contribution in [1.82, 2.24) is 41.0 Å². The number of amides is 7. The van der Waals surface area contributed by atoms with Gasteiger partial charge in [-0.25, -0.2) is 0 Å². The number of allylic oxidation sites excluding steroid dienone is 2. The van der Waals surface area contributed by atoms with Crippen molar-refractivity contribution in [2.75, 3.05) is 27.8 Å². The van der Waals surface area contributed by atoms with Gasteiger partial charge < -0.3 is 50.8 Å². The molecule has 3 aromatic rings. The summed E-state index contributed by atoms with van der Waals surface area (Å²) in [6, 6.07) is 7.44. The molecule has 1 saturated heterocycles. The summed E-state index contributed by atoms with van der Waals surface area (Å²) in [6.45, 7) is 23.7. The molecule has 0 saturated carbocycles. The second-order valence-electron chi connectivity index (χ2n) is 21.4. The van der Waals surface area contributed by atoms with Gasteiger partial charge in [-0.2, -0.15) is 0 Å². The number of para-hydroxylation sites is 1. The largest absolute Gasteiger partial charge is 0.396 e. The number of carbonyl (C=O) groups is 7. The normalized spacial score (nSPS) is 24.0. The maximum atomic E-state index is 15.3. The minimum atomic E-state index is -1.45. The summed E-state index contributed by atoms with van der Waals surface area (Å²) in [5, 5.41) is 25.4. The van der Waals surface area contributed by atoms with Gasteiger partial charge in [-0.3, -0.25) is 33.6 Å². The fourth-order valence-corrected chi connectivity index (χ4v) is 9.33. The fourth-order valence-electron chi connectivity index (χ4n) is 9.33. The third kappa shape index (κ3) is 14.9. The summed E-state index contributed by atoms with van der Waals surface area (Å²) in [5.74, 6) is -6.64. The number of likely N-dealkylation sites (N-methyl/N-ethyl adjacent to an activating group) is 2. The van der Waals surface area contributed by atoms with E-state index in [1.807, 2.05) is 88.7 Å². The van der Waals surface area contributed by atoms with Crippen LogP contribution in [0.4, 0.5) is 0 Å². The second-order valence-corrected chi connectivity index (χ2v) is 21.4. The van der Waals surface area contributed by atoms with Crippen LogP contribution in [-0.4, -0.2) is 131 Å². The van der Waals surface area contributed by atoms with Crippen molar-refractivity contribution in [2.24, 2.45) is 23.7 Å². The molecule has 400 valence electrons. The van der Waals surface area contributed by atoms with E-state index < -0.39 is 113 Å². The van der Waals surface area contributed by atoms with Gasteiger partial charge in [0.05, 0.1) is 5.54 Å². The number of hydrogen-bond acceptors (Lipinski definition) is 9. The maximum Gasteiger partial charge on any atom is 0.246 e. The molecule has 1 fully saturated rings. The van der Waals surface area contributed by atoms with Crippen LogP contribution in [0.3, 0.4) is 0 Å². The highest BCUT2D eigenvalue weighted by atomic mass is 16.5. The smallest absolute Gasteiger partial charge is 0.246 e. The van der Waals surface area contributed by atoms with Gasteiger partial charge in [0.25, 0.3) is 0 Å². The van der Waals surface area contributed by atoms with Crippen LogP contribution in [0.5, 0.6) is 0 Å². The Hall–Kier alpha value is -6.33. The molecule has 0 spiro atoms. The molecule has 0 aliphatic carbocycles. The Morgan fingerprint density at radius 3 is 1.85 bits per heavy atom. The third-order valence-corrected chi connectivity index (χ3v) is 13.8. The van der Waals surface area contributed by atoms with E-state index in [-0.39, 0.29) is 31.8 Å². The summed E-state index contributed by atoms with van der Waals surface area (Å²) in [4.78, 5) is 106. The topological polar surface area (TPSA) is 221 Å². The number of methoxy groups -OCH3 is 1. The van der Waals surface area contributed by atoms with Crippen LogP contribution in [0.15, 0.2) is 85.1 Å². The number of aromatic nitrogens is 1. The first-order chi connectivity index (χ1) is 34.3. The Balaban J connectivity index is 1.99. The van der Waals surface area contributed by atoms with Crippen molar-refractivity contribution in [1.29, 1.82) is 0 Å². The van der Waals surface area contributed by atoms with E-state index in [4.69, 9.17) is 4.74 Å². The van der Waals surface area contributed by atoms with Crippen molar-refractivity contribution in [3.63, 3.8) is 0 Å². The highest BCUT2D eigenvalue weighted by Gasteiger charge is 2.42. The van der Waals surface area contributed by atoms with Crippen LogP contribution in [0.1, 0.15) is 106 Å². The predicted molar refractivity (Wildman–Crippen MR) is 284 cm³/mol. The highest BCUT2D eigenvalue weighted by Crippen LogP contribution is 2.30. The molecule has 1 aliphatic rings. The molecule has 2 aromatic carbocycles. The van der Waals surface area contributed by atoms with E-state index in [0.717, 1.165) is 16.5 Å². The van der Waals surface area contributed by atoms with Gasteiger partial charge in [-0.15, -0.1) is 6.58 Å². The number of rotatable bonds is 15. The van der Waals surface area contributed by atoms with E-state index in [1.54, 1.807) is 58.0 Å². The number of hydrogen-bond donors (Lipinski definition) is 6. The standard InChI is InChI=1S/C56H82N8O9/c1-16-56(11,12)64-30-39(40-24-20-21-25-42(40)64)29-41-54(71)62(13)44(28-35(8)31-65)50(67)57-37(10)49(66)61-47(48(73-15)38-22-18-17-19-23-38)53(70)59-45(34(6)7)55(72)63(14)43(27-33(4)5)51(68)60-46(52(69)58-41)36(9)26-32(2)3/h16-26,30,33-37,41,43-48,65H,1,27-29,31H2,2-15H3,(H,57,67)(H,58,69)(H,59,70)(H,60,68)(H,61,66). The zero-order valence-corrected chi connectivity index (χ0v) is 45.4. The highest BCUT2D eigenvalue weighted by molar-refractivity contribution is 5.99. The minimum Gasteiger partial charge on any atom is -0.396 e. The molecule has 4 rings (SSSR count). The van der Waals surface area contributed by atoms with E-state index in [1.165, 1.54) is 37.9 Å². The van der Waals surface area contributed by atoms with Crippen molar-refractivity contribution in [3.8, 4) is 0 Å². The zero-order chi connectivity index (χ0) is 54.6. The molecule has 1 aromatic heterocycles. The summed E-state index contributed by atoms with van der Waals surface area (Å²) in [7, 11) is 4.30. The molecule has 0 bridgehead atoms. The third-order valence-electron chi connectivity index (χ3n) is 13.8. The van der Waals surface area contributed by atoms with Crippen LogP contribution >= 0.6 is 0 Å². The van der Waals surface area contributed by atoms with Gasteiger partial charge >= 0.3 is 0 Å². The lowest BCUT2D eigenvalue weighted by molar-refractivity contribution is -0.145. The molecule has 1 aliphatic heterocycles. The average molecular weight is 1010 g/mol. The van der Waals surface area contributed by atoms with Gasteiger partial charge in [-0.05, 0) is 82.4 Å². The van der Waals surface area contributed by atoms with E-state index in [9.17, 15) is 29.1 Å². The lowest BCUT2D eigenvalue weighted by atomic mass is 9.94. The van der Waals surface area contributed by atoms with Crippen LogP contribution < -0.4 is 26.6 Å². The Labute approximate surface area is 432 Å². The number of nitrogens with one attached hydrogen (secondary N) is 5. The van der Waals surface area contributed by atoms with Gasteiger partial charge in [0.2, 0.25) is 41.4 Å². The van der Waals surface area contributed by atoms with E-state index in [2.05, 4.69) is 33.2 Å². The average Bonchev–Trinajstić information content (AvgIpc) is 3.72. The predicted octanol–water partition coefficient (Wildman–Crippen LogP) is 4.93. The molecule has 17 heteroatoms. The van der Waals surface area contributed by atoms with Gasteiger partial charge in [0, 0.05) is 57.3 Å². The van der Waals surface area contributed by atoms with Crippen LogP contribution in [-0.2, 0) is 50.3 Å². The number of nitrogens with zero attached hydrogens (tertiary/aromatic N) is 3. The quantitative estimate of drug-likeness (QED) is 0.114. The monoisotopic (exact) mass is 1010 g/mol. The van der Waals surface area contributed by atoms with Crippen LogP contribution in [0, 0.1) is 23.7 Å². The van der Waals surface area contributed by atoms with Crippen molar-refractivity contribution in [3.05, 3.63) is 96.2 Å². The minimum absolute atomic E-state index is 0.0388.